The maximum atomic E-state index is 12.6. The fourth-order valence-corrected chi connectivity index (χ4v) is 2.71. The zero-order valence-corrected chi connectivity index (χ0v) is 16.5. The molecule has 6 heteroatoms. The number of alkyl carbamates (subject to hydrolysis) is 1. The Morgan fingerprint density at radius 2 is 1.92 bits per heavy atom. The second-order valence-electron chi connectivity index (χ2n) is 7.85. The van der Waals surface area contributed by atoms with Crippen LogP contribution in [0.15, 0.2) is 24.4 Å². The molecule has 0 fully saturated rings. The number of amides is 1. The number of aromatic nitrogens is 1. The third kappa shape index (κ3) is 5.33. The highest BCUT2D eigenvalue weighted by Crippen LogP contribution is 2.23. The summed E-state index contributed by atoms with van der Waals surface area (Å²) >= 11 is 0. The molecule has 0 saturated heterocycles. The molecule has 0 aliphatic rings. The van der Waals surface area contributed by atoms with E-state index in [4.69, 9.17) is 4.74 Å². The molecule has 142 valence electrons. The van der Waals surface area contributed by atoms with E-state index in [2.05, 4.69) is 16.3 Å². The molecule has 0 bridgehead atoms. The number of fused-ring (bicyclic) bond motifs is 1. The Labute approximate surface area is 155 Å². The fraction of sp³-hybridized carbons (Fsp3) is 0.500. The number of ether oxygens (including phenoxy) is 1. The molecular formula is C20H29N3O3. The van der Waals surface area contributed by atoms with E-state index in [9.17, 15) is 9.59 Å². The lowest BCUT2D eigenvalue weighted by Gasteiger charge is -2.19. The second kappa shape index (κ2) is 7.91. The highest BCUT2D eigenvalue weighted by Gasteiger charge is 2.18. The molecule has 0 unspecified atom stereocenters. The number of nitrogens with one attached hydrogen (secondary N) is 1. The van der Waals surface area contributed by atoms with Gasteiger partial charge in [0.25, 0.3) is 5.91 Å². The molecule has 0 saturated carbocycles. The molecule has 1 heterocycles. The summed E-state index contributed by atoms with van der Waals surface area (Å²) in [4.78, 5) is 26.5. The molecule has 26 heavy (non-hydrogen) atoms. The summed E-state index contributed by atoms with van der Waals surface area (Å²) in [6.45, 7) is 8.18. The first kappa shape index (κ1) is 20.0. The van der Waals surface area contributed by atoms with E-state index in [0.29, 0.717) is 0 Å². The molecule has 6 nitrogen and oxygen atoms in total. The molecule has 1 N–H and O–H groups in total. The van der Waals surface area contributed by atoms with Crippen LogP contribution in [0.4, 0.5) is 4.79 Å². The number of hydrogen-bond donors (Lipinski definition) is 1. The van der Waals surface area contributed by atoms with Crippen LogP contribution in [0.3, 0.4) is 0 Å². The molecule has 2 rings (SSSR count). The van der Waals surface area contributed by atoms with Gasteiger partial charge in [0.05, 0.1) is 5.52 Å². The lowest BCUT2D eigenvalue weighted by Crippen LogP contribution is -2.36. The van der Waals surface area contributed by atoms with Crippen molar-refractivity contribution in [3.05, 3.63) is 35.5 Å². The Kier molecular flexibility index (Phi) is 6.08. The van der Waals surface area contributed by atoms with Gasteiger partial charge in [0.1, 0.15) is 12.1 Å². The van der Waals surface area contributed by atoms with Gasteiger partial charge in [-0.2, -0.15) is 0 Å². The van der Waals surface area contributed by atoms with E-state index in [1.165, 1.54) is 0 Å². The Bertz CT molecular complexity index is 800. The third-order valence-electron chi connectivity index (χ3n) is 3.92. The van der Waals surface area contributed by atoms with Gasteiger partial charge in [-0.3, -0.25) is 9.36 Å². The Hall–Kier alpha value is -2.34. The van der Waals surface area contributed by atoms with Crippen LogP contribution in [0.5, 0.6) is 0 Å². The summed E-state index contributed by atoms with van der Waals surface area (Å²) in [5.74, 6) is -0.194. The van der Waals surface area contributed by atoms with E-state index in [0.717, 1.165) is 35.0 Å². The molecule has 0 aliphatic heterocycles. The number of nitrogens with zero attached hydrogens (tertiary/aromatic N) is 2. The zero-order chi connectivity index (χ0) is 19.5. The van der Waals surface area contributed by atoms with Gasteiger partial charge < -0.3 is 15.0 Å². The summed E-state index contributed by atoms with van der Waals surface area (Å²) in [6.07, 6.45) is 2.14. The number of carbonyl (C=O) groups is 2. The first-order chi connectivity index (χ1) is 12.1. The van der Waals surface area contributed by atoms with Crippen molar-refractivity contribution < 1.29 is 14.3 Å². The molecule has 1 amide bonds. The average molecular weight is 359 g/mol. The van der Waals surface area contributed by atoms with Crippen molar-refractivity contribution in [1.82, 2.24) is 14.8 Å². The first-order valence-corrected chi connectivity index (χ1v) is 8.82. The lowest BCUT2D eigenvalue weighted by atomic mass is 10.1. The summed E-state index contributed by atoms with van der Waals surface area (Å²) in [7, 11) is 4.06. The van der Waals surface area contributed by atoms with Gasteiger partial charge in [-0.05, 0) is 65.9 Å². The van der Waals surface area contributed by atoms with Crippen molar-refractivity contribution in [3.8, 4) is 0 Å². The summed E-state index contributed by atoms with van der Waals surface area (Å²) in [6, 6.07) is 6.05. The van der Waals surface area contributed by atoms with Crippen molar-refractivity contribution in [2.24, 2.45) is 0 Å². The van der Waals surface area contributed by atoms with Crippen LogP contribution in [0.2, 0.25) is 0 Å². The van der Waals surface area contributed by atoms with E-state index in [1.807, 2.05) is 39.3 Å². The van der Waals surface area contributed by atoms with Gasteiger partial charge in [0.15, 0.2) is 0 Å². The monoisotopic (exact) mass is 359 g/mol. The molecule has 0 atom stereocenters. The maximum absolute atomic E-state index is 12.6. The zero-order valence-electron chi connectivity index (χ0n) is 16.5. The second-order valence-corrected chi connectivity index (χ2v) is 7.85. The minimum atomic E-state index is -0.593. The smallest absolute Gasteiger partial charge is 0.408 e. The normalized spacial score (nSPS) is 11.8. The third-order valence-corrected chi connectivity index (χ3v) is 3.92. The minimum Gasteiger partial charge on any atom is -0.444 e. The minimum absolute atomic E-state index is 0.111. The van der Waals surface area contributed by atoms with Crippen LogP contribution in [-0.4, -0.2) is 54.3 Å². The molecule has 0 aliphatic carbocycles. The molecular weight excluding hydrogens is 330 g/mol. The van der Waals surface area contributed by atoms with E-state index in [-0.39, 0.29) is 12.5 Å². The topological polar surface area (TPSA) is 63.6 Å². The number of aryl methyl sites for hydroxylation is 1. The molecule has 1 aromatic carbocycles. The van der Waals surface area contributed by atoms with Gasteiger partial charge in [0.2, 0.25) is 0 Å². The molecule has 2 aromatic rings. The molecule has 1 aromatic heterocycles. The van der Waals surface area contributed by atoms with Crippen LogP contribution >= 0.6 is 0 Å². The van der Waals surface area contributed by atoms with Crippen LogP contribution in [0.25, 0.3) is 10.9 Å². The number of carbonyl (C=O) groups excluding carboxylic acids is 2. The van der Waals surface area contributed by atoms with Crippen molar-refractivity contribution in [1.29, 1.82) is 0 Å². The van der Waals surface area contributed by atoms with Crippen molar-refractivity contribution >= 4 is 22.9 Å². The summed E-state index contributed by atoms with van der Waals surface area (Å²) in [5, 5.41) is 3.61. The number of likely N-dealkylation sites (N-methyl/N-ethyl adjacent to an activating group) is 1. The number of hydrogen-bond acceptors (Lipinski definition) is 4. The number of benzene rings is 1. The van der Waals surface area contributed by atoms with Gasteiger partial charge in [-0.25, -0.2) is 4.79 Å². The Balaban J connectivity index is 2.20. The molecule has 0 spiro atoms. The average Bonchev–Trinajstić information content (AvgIpc) is 2.87. The van der Waals surface area contributed by atoms with Gasteiger partial charge in [0, 0.05) is 18.1 Å². The Morgan fingerprint density at radius 3 is 2.54 bits per heavy atom. The van der Waals surface area contributed by atoms with Gasteiger partial charge >= 0.3 is 6.09 Å². The van der Waals surface area contributed by atoms with Crippen molar-refractivity contribution in [2.75, 3.05) is 27.2 Å². The molecule has 0 radical (unpaired) electrons. The summed E-state index contributed by atoms with van der Waals surface area (Å²) in [5.41, 5.74) is 2.55. The SMILES string of the molecule is Cc1ccc2c(c1)c(CCN(C)C)cn2C(=O)CNC(=O)OC(C)(C)C. The Morgan fingerprint density at radius 1 is 1.23 bits per heavy atom. The van der Waals surface area contributed by atoms with Crippen LogP contribution in [-0.2, 0) is 11.2 Å². The standard InChI is InChI=1S/C20H29N3O3/c1-14-7-8-17-16(11-14)15(9-10-22(5)6)13-23(17)18(24)12-21-19(25)26-20(2,3)4/h7-8,11,13H,9-10,12H2,1-6H3,(H,21,25). The van der Waals surface area contributed by atoms with Gasteiger partial charge in [-0.1, -0.05) is 11.6 Å². The fourth-order valence-electron chi connectivity index (χ4n) is 2.71. The van der Waals surface area contributed by atoms with Crippen LogP contribution < -0.4 is 5.32 Å². The van der Waals surface area contributed by atoms with Crippen molar-refractivity contribution in [2.45, 2.75) is 39.7 Å². The van der Waals surface area contributed by atoms with E-state index >= 15 is 0 Å². The maximum Gasteiger partial charge on any atom is 0.408 e. The summed E-state index contributed by atoms with van der Waals surface area (Å²) < 4.78 is 6.80. The van der Waals surface area contributed by atoms with E-state index in [1.54, 1.807) is 25.3 Å². The highest BCUT2D eigenvalue weighted by molar-refractivity contribution is 5.96. The predicted molar refractivity (Wildman–Crippen MR) is 104 cm³/mol. The first-order valence-electron chi connectivity index (χ1n) is 8.82. The number of rotatable bonds is 5. The van der Waals surface area contributed by atoms with Crippen LogP contribution in [0, 0.1) is 6.92 Å². The van der Waals surface area contributed by atoms with Gasteiger partial charge in [-0.15, -0.1) is 0 Å². The van der Waals surface area contributed by atoms with Crippen molar-refractivity contribution in [3.63, 3.8) is 0 Å². The van der Waals surface area contributed by atoms with Crippen LogP contribution in [0.1, 0.15) is 36.7 Å². The largest absolute Gasteiger partial charge is 0.444 e. The lowest BCUT2D eigenvalue weighted by molar-refractivity contribution is 0.0515. The predicted octanol–water partition coefficient (Wildman–Crippen LogP) is 3.22. The highest BCUT2D eigenvalue weighted by atomic mass is 16.6. The van der Waals surface area contributed by atoms with E-state index < -0.39 is 11.7 Å². The quantitative estimate of drug-likeness (QED) is 0.890.